The molecule has 0 saturated carbocycles. The molecule has 0 aliphatic heterocycles. The Morgan fingerprint density at radius 1 is 1.35 bits per heavy atom. The van der Waals surface area contributed by atoms with Crippen molar-refractivity contribution in [1.29, 1.82) is 0 Å². The highest BCUT2D eigenvalue weighted by molar-refractivity contribution is 7.89. The Hall–Kier alpha value is -0.860. The van der Waals surface area contributed by atoms with Crippen LogP contribution in [0.4, 0.5) is 0 Å². The van der Waals surface area contributed by atoms with E-state index in [-0.39, 0.29) is 11.6 Å². The molecule has 9 heteroatoms. The lowest BCUT2D eigenvalue weighted by Crippen LogP contribution is -2.38. The molecule has 1 aromatic carbocycles. The van der Waals surface area contributed by atoms with Crippen LogP contribution in [0.25, 0.3) is 0 Å². The van der Waals surface area contributed by atoms with Crippen LogP contribution in [0.15, 0.2) is 17.0 Å². The first-order valence-electron chi connectivity index (χ1n) is 5.39. The van der Waals surface area contributed by atoms with Crippen molar-refractivity contribution in [3.8, 4) is 0 Å². The Kier molecular flexibility index (Phi) is 5.04. The Balaban J connectivity index is 3.27. The highest BCUT2D eigenvalue weighted by atomic mass is 35.5. The molecule has 0 amide bonds. The van der Waals surface area contributed by atoms with E-state index >= 15 is 0 Å². The summed E-state index contributed by atoms with van der Waals surface area (Å²) < 4.78 is 26.2. The van der Waals surface area contributed by atoms with Crippen LogP contribution in [0.2, 0.25) is 10.0 Å². The largest absolute Gasteiger partial charge is 0.478 e. The van der Waals surface area contributed by atoms with Gasteiger partial charge in [-0.05, 0) is 26.0 Å². The van der Waals surface area contributed by atoms with Crippen molar-refractivity contribution in [3.05, 3.63) is 27.7 Å². The summed E-state index contributed by atoms with van der Waals surface area (Å²) in [5, 5.41) is 17.8. The number of aliphatic hydroxyl groups is 1. The average Bonchev–Trinajstić information content (AvgIpc) is 2.24. The van der Waals surface area contributed by atoms with Crippen LogP contribution in [0, 0.1) is 0 Å². The number of hydrogen-bond donors (Lipinski definition) is 3. The number of sulfonamides is 1. The van der Waals surface area contributed by atoms with Gasteiger partial charge in [0.25, 0.3) is 0 Å². The molecule has 112 valence electrons. The standard InChI is InChI=1S/C11H13Cl2NO5S/c1-11(2,17)5-14-20(18,19)7-4-3-6(12)8(9(7)13)10(15)16/h3-4,14,17H,5H2,1-2H3,(H,15,16). The Labute approximate surface area is 126 Å². The smallest absolute Gasteiger partial charge is 0.338 e. The number of rotatable bonds is 5. The molecule has 0 aromatic heterocycles. The van der Waals surface area contributed by atoms with Gasteiger partial charge in [0, 0.05) is 6.54 Å². The number of aromatic carboxylic acids is 1. The Morgan fingerprint density at radius 3 is 2.35 bits per heavy atom. The van der Waals surface area contributed by atoms with Crippen LogP contribution >= 0.6 is 23.2 Å². The number of carboxylic acid groups (broad SMARTS) is 1. The van der Waals surface area contributed by atoms with Crippen molar-refractivity contribution in [3.63, 3.8) is 0 Å². The van der Waals surface area contributed by atoms with E-state index in [0.29, 0.717) is 0 Å². The third-order valence-electron chi connectivity index (χ3n) is 2.25. The summed E-state index contributed by atoms with van der Waals surface area (Å²) in [4.78, 5) is 10.6. The molecule has 0 aliphatic carbocycles. The van der Waals surface area contributed by atoms with E-state index in [1.54, 1.807) is 0 Å². The number of carboxylic acids is 1. The van der Waals surface area contributed by atoms with Gasteiger partial charge < -0.3 is 10.2 Å². The van der Waals surface area contributed by atoms with Crippen LogP contribution in [0.5, 0.6) is 0 Å². The van der Waals surface area contributed by atoms with Gasteiger partial charge in [-0.1, -0.05) is 23.2 Å². The maximum Gasteiger partial charge on any atom is 0.338 e. The number of halogens is 2. The van der Waals surface area contributed by atoms with E-state index in [1.807, 2.05) is 0 Å². The fraction of sp³-hybridized carbons (Fsp3) is 0.364. The molecule has 0 saturated heterocycles. The number of hydrogen-bond acceptors (Lipinski definition) is 4. The van der Waals surface area contributed by atoms with Gasteiger partial charge in [-0.25, -0.2) is 17.9 Å². The molecule has 3 N–H and O–H groups in total. The first-order chi connectivity index (χ1) is 8.96. The third kappa shape index (κ3) is 4.07. The summed E-state index contributed by atoms with van der Waals surface area (Å²) in [6.45, 7) is 2.58. The van der Waals surface area contributed by atoms with Gasteiger partial charge in [0.1, 0.15) is 4.90 Å². The van der Waals surface area contributed by atoms with Gasteiger partial charge in [0.2, 0.25) is 10.0 Å². The zero-order chi connectivity index (χ0) is 15.7. The van der Waals surface area contributed by atoms with Gasteiger partial charge in [-0.2, -0.15) is 0 Å². The zero-order valence-corrected chi connectivity index (χ0v) is 13.0. The molecule has 1 aromatic rings. The van der Waals surface area contributed by atoms with Crippen molar-refractivity contribution >= 4 is 39.2 Å². The van der Waals surface area contributed by atoms with E-state index in [1.165, 1.54) is 13.8 Å². The van der Waals surface area contributed by atoms with Gasteiger partial charge in [0.15, 0.2) is 0 Å². The van der Waals surface area contributed by atoms with Gasteiger partial charge in [0.05, 0.1) is 21.2 Å². The van der Waals surface area contributed by atoms with E-state index in [0.717, 1.165) is 12.1 Å². The molecular formula is C11H13Cl2NO5S. The second kappa shape index (κ2) is 5.87. The monoisotopic (exact) mass is 341 g/mol. The molecule has 0 aliphatic rings. The van der Waals surface area contributed by atoms with Crippen molar-refractivity contribution in [2.45, 2.75) is 24.3 Å². The number of benzene rings is 1. The van der Waals surface area contributed by atoms with Crippen molar-refractivity contribution < 1.29 is 23.4 Å². The van der Waals surface area contributed by atoms with E-state index in [9.17, 15) is 18.3 Å². The average molecular weight is 342 g/mol. The molecule has 6 nitrogen and oxygen atoms in total. The van der Waals surface area contributed by atoms with Crippen LogP contribution in [-0.2, 0) is 10.0 Å². The Bertz CT molecular complexity index is 637. The van der Waals surface area contributed by atoms with Crippen LogP contribution < -0.4 is 4.72 Å². The predicted octanol–water partition coefficient (Wildman–Crippen LogP) is 1.74. The number of nitrogens with one attached hydrogen (secondary N) is 1. The zero-order valence-electron chi connectivity index (χ0n) is 10.6. The first kappa shape index (κ1) is 17.2. The minimum absolute atomic E-state index is 0.163. The van der Waals surface area contributed by atoms with E-state index in [2.05, 4.69) is 4.72 Å². The van der Waals surface area contributed by atoms with Gasteiger partial charge in [-0.3, -0.25) is 0 Å². The topological polar surface area (TPSA) is 104 Å². The molecule has 0 bridgehead atoms. The van der Waals surface area contributed by atoms with Crippen LogP contribution in [0.3, 0.4) is 0 Å². The van der Waals surface area contributed by atoms with Crippen molar-refractivity contribution in [2.75, 3.05) is 6.54 Å². The molecule has 0 fully saturated rings. The molecule has 20 heavy (non-hydrogen) atoms. The molecular weight excluding hydrogens is 329 g/mol. The quantitative estimate of drug-likeness (QED) is 0.756. The lowest BCUT2D eigenvalue weighted by atomic mass is 10.1. The second-order valence-electron chi connectivity index (χ2n) is 4.68. The van der Waals surface area contributed by atoms with E-state index < -0.39 is 37.1 Å². The maximum absolute atomic E-state index is 12.0. The lowest BCUT2D eigenvalue weighted by Gasteiger charge is -2.18. The van der Waals surface area contributed by atoms with Crippen molar-refractivity contribution in [1.82, 2.24) is 4.72 Å². The molecule has 0 heterocycles. The summed E-state index contributed by atoms with van der Waals surface area (Å²) in [6, 6.07) is 2.24. The number of carbonyl (C=O) groups is 1. The fourth-order valence-electron chi connectivity index (χ4n) is 1.29. The summed E-state index contributed by atoms with van der Waals surface area (Å²) in [5.41, 5.74) is -1.75. The summed E-state index contributed by atoms with van der Waals surface area (Å²) in [7, 11) is -4.06. The van der Waals surface area contributed by atoms with Crippen molar-refractivity contribution in [2.24, 2.45) is 0 Å². The van der Waals surface area contributed by atoms with Gasteiger partial charge >= 0.3 is 5.97 Å². The summed E-state index contributed by atoms with van der Waals surface area (Å²) in [6.07, 6.45) is 0. The maximum atomic E-state index is 12.0. The predicted molar refractivity (Wildman–Crippen MR) is 74.9 cm³/mol. The van der Waals surface area contributed by atoms with Crippen LogP contribution in [0.1, 0.15) is 24.2 Å². The summed E-state index contributed by atoms with van der Waals surface area (Å²) in [5.74, 6) is -1.43. The third-order valence-corrected chi connectivity index (χ3v) is 4.52. The Morgan fingerprint density at radius 2 is 1.90 bits per heavy atom. The van der Waals surface area contributed by atoms with Crippen LogP contribution in [-0.4, -0.2) is 36.7 Å². The minimum atomic E-state index is -4.06. The molecule has 0 atom stereocenters. The molecule has 0 radical (unpaired) electrons. The van der Waals surface area contributed by atoms with E-state index in [4.69, 9.17) is 28.3 Å². The van der Waals surface area contributed by atoms with Gasteiger partial charge in [-0.15, -0.1) is 0 Å². The normalized spacial score (nSPS) is 12.4. The SMILES string of the molecule is CC(C)(O)CNS(=O)(=O)c1ccc(Cl)c(C(=O)O)c1Cl. The minimum Gasteiger partial charge on any atom is -0.478 e. The summed E-state index contributed by atoms with van der Waals surface area (Å²) >= 11 is 11.5. The highest BCUT2D eigenvalue weighted by Gasteiger charge is 2.26. The fourth-order valence-corrected chi connectivity index (χ4v) is 3.41. The second-order valence-corrected chi connectivity index (χ2v) is 7.20. The molecule has 1 rings (SSSR count). The molecule has 0 unspecified atom stereocenters. The lowest BCUT2D eigenvalue weighted by molar-refractivity contribution is 0.0696. The highest BCUT2D eigenvalue weighted by Crippen LogP contribution is 2.31. The first-order valence-corrected chi connectivity index (χ1v) is 7.63. The molecule has 0 spiro atoms.